The summed E-state index contributed by atoms with van der Waals surface area (Å²) in [5.74, 6) is 0. The van der Waals surface area contributed by atoms with Crippen LogP contribution in [0.4, 0.5) is 0 Å². The molecule has 1 fully saturated rings. The van der Waals surface area contributed by atoms with Gasteiger partial charge in [0.1, 0.15) is 5.52 Å². The maximum atomic E-state index is 11.9. The molecule has 7 heteroatoms. The predicted octanol–water partition coefficient (Wildman–Crippen LogP) is 1.19. The van der Waals surface area contributed by atoms with Crippen molar-refractivity contribution in [1.29, 1.82) is 0 Å². The highest BCUT2D eigenvalue weighted by molar-refractivity contribution is 7.90. The minimum Gasteiger partial charge on any atom is -0.381 e. The van der Waals surface area contributed by atoms with Gasteiger partial charge in [0.2, 0.25) is 15.0 Å². The van der Waals surface area contributed by atoms with Gasteiger partial charge in [-0.05, 0) is 18.9 Å². The molecule has 0 saturated carbocycles. The molecular weight excluding hydrogens is 266 g/mol. The summed E-state index contributed by atoms with van der Waals surface area (Å²) in [4.78, 5) is 8.23. The van der Waals surface area contributed by atoms with Crippen LogP contribution in [-0.2, 0) is 14.6 Å². The molecular formula is C12H15N3O3S. The molecule has 2 aromatic heterocycles. The molecule has 0 unspecified atom stereocenters. The Bertz CT molecular complexity index is 702. The molecule has 0 spiro atoms. The Morgan fingerprint density at radius 1 is 1.37 bits per heavy atom. The molecule has 0 aromatic carbocycles. The van der Waals surface area contributed by atoms with Crippen LogP contribution in [0.25, 0.3) is 11.0 Å². The third-order valence-corrected chi connectivity index (χ3v) is 4.30. The van der Waals surface area contributed by atoms with Crippen LogP contribution >= 0.6 is 0 Å². The molecule has 0 bridgehead atoms. The summed E-state index contributed by atoms with van der Waals surface area (Å²) in [6.45, 7) is 1.30. The topological polar surface area (TPSA) is 74.1 Å². The number of fused-ring (bicyclic) bond motifs is 1. The number of sulfone groups is 1. The molecule has 0 atom stereocenters. The largest absolute Gasteiger partial charge is 0.381 e. The molecule has 0 amide bonds. The van der Waals surface area contributed by atoms with E-state index in [0.29, 0.717) is 18.7 Å². The van der Waals surface area contributed by atoms with Gasteiger partial charge in [-0.1, -0.05) is 0 Å². The van der Waals surface area contributed by atoms with Crippen molar-refractivity contribution < 1.29 is 13.2 Å². The van der Waals surface area contributed by atoms with Crippen LogP contribution < -0.4 is 0 Å². The number of hydrogen-bond acceptors (Lipinski definition) is 5. The molecule has 19 heavy (non-hydrogen) atoms. The zero-order chi connectivity index (χ0) is 13.5. The monoisotopic (exact) mass is 281 g/mol. The fourth-order valence-electron chi connectivity index (χ4n) is 2.49. The second-order valence-electron chi connectivity index (χ2n) is 4.74. The van der Waals surface area contributed by atoms with E-state index >= 15 is 0 Å². The van der Waals surface area contributed by atoms with E-state index in [1.165, 1.54) is 6.26 Å². The van der Waals surface area contributed by atoms with E-state index in [4.69, 9.17) is 4.74 Å². The Labute approximate surface area is 111 Å². The van der Waals surface area contributed by atoms with E-state index in [1.807, 2.05) is 10.6 Å². The number of hydrogen-bond donors (Lipinski definition) is 0. The number of nitrogens with zero attached hydrogens (tertiary/aromatic N) is 3. The van der Waals surface area contributed by atoms with Gasteiger partial charge in [-0.25, -0.2) is 13.4 Å². The van der Waals surface area contributed by atoms with Crippen molar-refractivity contribution in [2.75, 3.05) is 19.5 Å². The lowest BCUT2D eigenvalue weighted by molar-refractivity contribution is 0.0683. The molecule has 1 aliphatic rings. The van der Waals surface area contributed by atoms with Crippen LogP contribution in [0, 0.1) is 0 Å². The lowest BCUT2D eigenvalue weighted by Gasteiger charge is -2.25. The van der Waals surface area contributed by atoms with Crippen LogP contribution in [0.3, 0.4) is 0 Å². The summed E-state index contributed by atoms with van der Waals surface area (Å²) >= 11 is 0. The van der Waals surface area contributed by atoms with Crippen LogP contribution in [0.15, 0.2) is 23.6 Å². The molecule has 3 heterocycles. The Balaban J connectivity index is 2.24. The zero-order valence-electron chi connectivity index (χ0n) is 10.6. The summed E-state index contributed by atoms with van der Waals surface area (Å²) in [6, 6.07) is 1.93. The van der Waals surface area contributed by atoms with Crippen molar-refractivity contribution in [2.45, 2.75) is 24.0 Å². The van der Waals surface area contributed by atoms with Crippen molar-refractivity contribution in [3.05, 3.63) is 18.5 Å². The van der Waals surface area contributed by atoms with Crippen molar-refractivity contribution in [3.8, 4) is 0 Å². The third-order valence-electron chi connectivity index (χ3n) is 3.35. The molecule has 0 N–H and O–H groups in total. The summed E-state index contributed by atoms with van der Waals surface area (Å²) in [7, 11) is -3.36. The Morgan fingerprint density at radius 2 is 2.11 bits per heavy atom. The normalized spacial score (nSPS) is 17.9. The molecule has 6 nitrogen and oxygen atoms in total. The van der Waals surface area contributed by atoms with Crippen molar-refractivity contribution in [2.24, 2.45) is 0 Å². The van der Waals surface area contributed by atoms with Gasteiger partial charge >= 0.3 is 0 Å². The number of imidazole rings is 1. The Kier molecular flexibility index (Phi) is 3.02. The first-order chi connectivity index (χ1) is 9.07. The minimum absolute atomic E-state index is 0.117. The number of pyridine rings is 1. The summed E-state index contributed by atoms with van der Waals surface area (Å²) in [5, 5.41) is 0.127. The maximum Gasteiger partial charge on any atom is 0.228 e. The fourth-order valence-corrected chi connectivity index (χ4v) is 3.36. The molecule has 3 rings (SSSR count). The summed E-state index contributed by atoms with van der Waals surface area (Å²) in [5.41, 5.74) is 1.44. The minimum atomic E-state index is -3.36. The van der Waals surface area contributed by atoms with Crippen LogP contribution in [-0.4, -0.2) is 42.4 Å². The number of ether oxygens (including phenoxy) is 1. The van der Waals surface area contributed by atoms with E-state index in [-0.39, 0.29) is 11.2 Å². The second-order valence-corrected chi connectivity index (χ2v) is 6.65. The zero-order valence-corrected chi connectivity index (χ0v) is 11.4. The summed E-state index contributed by atoms with van der Waals surface area (Å²) in [6.07, 6.45) is 6.05. The van der Waals surface area contributed by atoms with Gasteiger partial charge in [-0.3, -0.25) is 4.98 Å². The van der Waals surface area contributed by atoms with Crippen molar-refractivity contribution >= 4 is 20.9 Å². The number of aromatic nitrogens is 3. The smallest absolute Gasteiger partial charge is 0.228 e. The highest BCUT2D eigenvalue weighted by Crippen LogP contribution is 2.29. The molecule has 2 aromatic rings. The van der Waals surface area contributed by atoms with E-state index in [9.17, 15) is 8.42 Å². The van der Waals surface area contributed by atoms with Crippen LogP contribution in [0.2, 0.25) is 0 Å². The van der Waals surface area contributed by atoms with Crippen molar-refractivity contribution in [1.82, 2.24) is 14.5 Å². The van der Waals surface area contributed by atoms with Gasteiger partial charge in [-0.15, -0.1) is 0 Å². The molecule has 1 saturated heterocycles. The molecule has 1 aliphatic heterocycles. The Hall–Kier alpha value is -1.47. The summed E-state index contributed by atoms with van der Waals surface area (Å²) < 4.78 is 31.0. The SMILES string of the molecule is CS(=O)(=O)c1nc2cnccc2n1C1CCOCC1. The van der Waals surface area contributed by atoms with Crippen molar-refractivity contribution in [3.63, 3.8) is 0 Å². The first-order valence-electron chi connectivity index (χ1n) is 6.17. The standard InChI is InChI=1S/C12H15N3O3S/c1-19(16,17)12-14-10-8-13-5-2-11(10)15(12)9-3-6-18-7-4-9/h2,5,8-9H,3-4,6-7H2,1H3. The Morgan fingerprint density at radius 3 is 2.79 bits per heavy atom. The van der Waals surface area contributed by atoms with Gasteiger partial charge in [0.25, 0.3) is 0 Å². The van der Waals surface area contributed by atoms with Gasteiger partial charge in [0.15, 0.2) is 0 Å². The molecule has 0 radical (unpaired) electrons. The van der Waals surface area contributed by atoms with Gasteiger partial charge < -0.3 is 9.30 Å². The highest BCUT2D eigenvalue weighted by atomic mass is 32.2. The molecule has 102 valence electrons. The molecule has 0 aliphatic carbocycles. The average Bonchev–Trinajstić information content (AvgIpc) is 2.79. The van der Waals surface area contributed by atoms with E-state index in [1.54, 1.807) is 12.4 Å². The van der Waals surface area contributed by atoms with Gasteiger partial charge in [0, 0.05) is 31.7 Å². The first kappa shape index (κ1) is 12.6. The van der Waals surface area contributed by atoms with Gasteiger partial charge in [-0.2, -0.15) is 0 Å². The van der Waals surface area contributed by atoms with Crippen LogP contribution in [0.1, 0.15) is 18.9 Å². The van der Waals surface area contributed by atoms with E-state index in [2.05, 4.69) is 9.97 Å². The third kappa shape index (κ3) is 2.23. The highest BCUT2D eigenvalue weighted by Gasteiger charge is 2.26. The van der Waals surface area contributed by atoms with E-state index < -0.39 is 9.84 Å². The lowest BCUT2D eigenvalue weighted by Crippen LogP contribution is -2.22. The van der Waals surface area contributed by atoms with Gasteiger partial charge in [0.05, 0.1) is 11.7 Å². The lowest BCUT2D eigenvalue weighted by atomic mass is 10.1. The first-order valence-corrected chi connectivity index (χ1v) is 8.06. The maximum absolute atomic E-state index is 11.9. The number of rotatable bonds is 2. The second kappa shape index (κ2) is 4.57. The fraction of sp³-hybridized carbons (Fsp3) is 0.500. The van der Waals surface area contributed by atoms with E-state index in [0.717, 1.165) is 18.4 Å². The van der Waals surface area contributed by atoms with Crippen LogP contribution in [0.5, 0.6) is 0 Å². The predicted molar refractivity (Wildman–Crippen MR) is 69.7 cm³/mol. The quantitative estimate of drug-likeness (QED) is 0.826. The average molecular weight is 281 g/mol.